The minimum atomic E-state index is 0.0881. The molecule has 13 heavy (non-hydrogen) atoms. The molecular weight excluding hydrogens is 164 g/mol. The van der Waals surface area contributed by atoms with Crippen LogP contribution in [0.2, 0.25) is 0 Å². The molecule has 2 nitrogen and oxygen atoms in total. The lowest BCUT2D eigenvalue weighted by atomic mass is 9.97. The summed E-state index contributed by atoms with van der Waals surface area (Å²) in [7, 11) is 0. The molecule has 0 heterocycles. The highest BCUT2D eigenvalue weighted by molar-refractivity contribution is 5.42. The van der Waals surface area contributed by atoms with Crippen molar-refractivity contribution >= 4 is 0 Å². The third kappa shape index (κ3) is 2.01. The fourth-order valence-electron chi connectivity index (χ4n) is 1.26. The summed E-state index contributed by atoms with van der Waals surface area (Å²) in [5.74, 6) is 0.403. The third-order valence-electron chi connectivity index (χ3n) is 2.51. The number of hydrogen-bond acceptors (Lipinski definition) is 2. The van der Waals surface area contributed by atoms with Crippen LogP contribution in [0, 0.1) is 13.8 Å². The number of rotatable bonds is 2. The number of hydrogen-bond donors (Lipinski definition) is 2. The van der Waals surface area contributed by atoms with Crippen molar-refractivity contribution in [1.29, 1.82) is 0 Å². The minimum Gasteiger partial charge on any atom is -0.508 e. The fourth-order valence-corrected chi connectivity index (χ4v) is 1.26. The van der Waals surface area contributed by atoms with E-state index in [-0.39, 0.29) is 12.5 Å². The van der Waals surface area contributed by atoms with Gasteiger partial charge in [0, 0.05) is 12.5 Å². The predicted molar refractivity (Wildman–Crippen MR) is 53.1 cm³/mol. The Hall–Kier alpha value is -1.02. The van der Waals surface area contributed by atoms with Gasteiger partial charge in [-0.15, -0.1) is 0 Å². The molecule has 0 amide bonds. The van der Waals surface area contributed by atoms with Gasteiger partial charge in [-0.05, 0) is 36.6 Å². The SMILES string of the molecule is Cc1cc(C(C)CO)cc(O)c1C. The van der Waals surface area contributed by atoms with Crippen LogP contribution in [0.5, 0.6) is 5.75 Å². The van der Waals surface area contributed by atoms with Crippen molar-refractivity contribution < 1.29 is 10.2 Å². The van der Waals surface area contributed by atoms with Crippen LogP contribution in [0.4, 0.5) is 0 Å². The number of phenols is 1. The topological polar surface area (TPSA) is 40.5 Å². The quantitative estimate of drug-likeness (QED) is 0.731. The Morgan fingerprint density at radius 2 is 1.92 bits per heavy atom. The zero-order chi connectivity index (χ0) is 10.0. The summed E-state index contributed by atoms with van der Waals surface area (Å²) in [5, 5.41) is 18.5. The number of aliphatic hydroxyl groups excluding tert-OH is 1. The number of aromatic hydroxyl groups is 1. The monoisotopic (exact) mass is 180 g/mol. The Kier molecular flexibility index (Phi) is 2.94. The van der Waals surface area contributed by atoms with Crippen molar-refractivity contribution in [3.05, 3.63) is 28.8 Å². The Morgan fingerprint density at radius 1 is 1.31 bits per heavy atom. The molecule has 0 spiro atoms. The molecule has 0 aliphatic rings. The fraction of sp³-hybridized carbons (Fsp3) is 0.455. The summed E-state index contributed by atoms with van der Waals surface area (Å²) < 4.78 is 0. The Morgan fingerprint density at radius 3 is 2.38 bits per heavy atom. The molecule has 0 fully saturated rings. The van der Waals surface area contributed by atoms with Gasteiger partial charge in [0.15, 0.2) is 0 Å². The zero-order valence-corrected chi connectivity index (χ0v) is 8.33. The molecule has 1 aromatic rings. The summed E-state index contributed by atoms with van der Waals surface area (Å²) in [6, 6.07) is 3.74. The highest BCUT2D eigenvalue weighted by atomic mass is 16.3. The van der Waals surface area contributed by atoms with Crippen LogP contribution in [0.15, 0.2) is 12.1 Å². The lowest BCUT2D eigenvalue weighted by Crippen LogP contribution is -1.99. The summed E-state index contributed by atoms with van der Waals surface area (Å²) in [4.78, 5) is 0. The molecule has 1 atom stereocenters. The number of benzene rings is 1. The van der Waals surface area contributed by atoms with E-state index >= 15 is 0 Å². The highest BCUT2D eigenvalue weighted by Crippen LogP contribution is 2.26. The second-order valence-corrected chi connectivity index (χ2v) is 3.57. The zero-order valence-electron chi connectivity index (χ0n) is 8.33. The van der Waals surface area contributed by atoms with E-state index < -0.39 is 0 Å². The molecule has 1 rings (SSSR count). The molecule has 0 saturated heterocycles. The number of aliphatic hydroxyl groups is 1. The van der Waals surface area contributed by atoms with Crippen LogP contribution in [0.1, 0.15) is 29.5 Å². The molecule has 0 saturated carbocycles. The van der Waals surface area contributed by atoms with E-state index in [0.717, 1.165) is 16.7 Å². The van der Waals surface area contributed by atoms with Gasteiger partial charge in [-0.2, -0.15) is 0 Å². The third-order valence-corrected chi connectivity index (χ3v) is 2.51. The molecule has 0 bridgehead atoms. The minimum absolute atomic E-state index is 0.0881. The van der Waals surface area contributed by atoms with E-state index in [2.05, 4.69) is 0 Å². The number of aryl methyl sites for hydroxylation is 1. The van der Waals surface area contributed by atoms with Gasteiger partial charge >= 0.3 is 0 Å². The Balaban J connectivity index is 3.13. The van der Waals surface area contributed by atoms with Gasteiger partial charge in [-0.3, -0.25) is 0 Å². The lowest BCUT2D eigenvalue weighted by molar-refractivity contribution is 0.273. The normalized spacial score (nSPS) is 12.9. The maximum absolute atomic E-state index is 9.54. The largest absolute Gasteiger partial charge is 0.508 e. The first-order chi connectivity index (χ1) is 6.06. The lowest BCUT2D eigenvalue weighted by Gasteiger charge is -2.12. The van der Waals surface area contributed by atoms with Crippen molar-refractivity contribution in [1.82, 2.24) is 0 Å². The average molecular weight is 180 g/mol. The van der Waals surface area contributed by atoms with Gasteiger partial charge in [0.2, 0.25) is 0 Å². The Bertz CT molecular complexity index is 282. The van der Waals surface area contributed by atoms with Crippen LogP contribution < -0.4 is 0 Å². The van der Waals surface area contributed by atoms with Crippen LogP contribution in [-0.2, 0) is 0 Å². The van der Waals surface area contributed by atoms with Gasteiger partial charge in [0.1, 0.15) is 5.75 Å². The van der Waals surface area contributed by atoms with E-state index in [0.29, 0.717) is 5.75 Å². The van der Waals surface area contributed by atoms with E-state index in [1.54, 1.807) is 6.07 Å². The van der Waals surface area contributed by atoms with Crippen molar-refractivity contribution in [2.45, 2.75) is 26.7 Å². The summed E-state index contributed by atoms with van der Waals surface area (Å²) in [6.45, 7) is 5.90. The number of phenolic OH excluding ortho intramolecular Hbond substituents is 1. The molecule has 72 valence electrons. The van der Waals surface area contributed by atoms with Crippen molar-refractivity contribution in [3.63, 3.8) is 0 Å². The highest BCUT2D eigenvalue weighted by Gasteiger charge is 2.08. The van der Waals surface area contributed by atoms with E-state index in [4.69, 9.17) is 5.11 Å². The van der Waals surface area contributed by atoms with Crippen LogP contribution in [-0.4, -0.2) is 16.8 Å². The van der Waals surface area contributed by atoms with E-state index in [1.165, 1.54) is 0 Å². The van der Waals surface area contributed by atoms with Crippen molar-refractivity contribution in [2.75, 3.05) is 6.61 Å². The van der Waals surface area contributed by atoms with Gasteiger partial charge in [-0.1, -0.05) is 13.0 Å². The smallest absolute Gasteiger partial charge is 0.119 e. The van der Waals surface area contributed by atoms with Gasteiger partial charge in [0.25, 0.3) is 0 Å². The first kappa shape index (κ1) is 10.1. The summed E-state index contributed by atoms with van der Waals surface area (Å²) >= 11 is 0. The maximum Gasteiger partial charge on any atom is 0.119 e. The van der Waals surface area contributed by atoms with Crippen LogP contribution in [0.25, 0.3) is 0 Å². The first-order valence-corrected chi connectivity index (χ1v) is 4.47. The van der Waals surface area contributed by atoms with Crippen molar-refractivity contribution in [2.24, 2.45) is 0 Å². The average Bonchev–Trinajstić information content (AvgIpc) is 2.12. The van der Waals surface area contributed by atoms with Gasteiger partial charge in [0.05, 0.1) is 0 Å². The first-order valence-electron chi connectivity index (χ1n) is 4.47. The van der Waals surface area contributed by atoms with Crippen LogP contribution >= 0.6 is 0 Å². The standard InChI is InChI=1S/C11H16O2/c1-7-4-10(8(2)6-12)5-11(13)9(7)3/h4-5,8,12-13H,6H2,1-3H3. The van der Waals surface area contributed by atoms with Gasteiger partial charge < -0.3 is 10.2 Å². The molecular formula is C11H16O2. The Labute approximate surface area is 78.8 Å². The summed E-state index contributed by atoms with van der Waals surface area (Å²) in [6.07, 6.45) is 0. The molecule has 2 N–H and O–H groups in total. The molecule has 0 aliphatic heterocycles. The van der Waals surface area contributed by atoms with Gasteiger partial charge in [-0.25, -0.2) is 0 Å². The van der Waals surface area contributed by atoms with E-state index in [9.17, 15) is 5.11 Å². The van der Waals surface area contributed by atoms with Crippen molar-refractivity contribution in [3.8, 4) is 5.75 Å². The molecule has 0 aromatic heterocycles. The summed E-state index contributed by atoms with van der Waals surface area (Å²) in [5.41, 5.74) is 2.97. The second kappa shape index (κ2) is 3.79. The molecule has 1 aromatic carbocycles. The maximum atomic E-state index is 9.54. The predicted octanol–water partition coefficient (Wildman–Crippen LogP) is 2.10. The molecule has 1 unspecified atom stereocenters. The second-order valence-electron chi connectivity index (χ2n) is 3.57. The van der Waals surface area contributed by atoms with Crippen LogP contribution in [0.3, 0.4) is 0 Å². The van der Waals surface area contributed by atoms with E-state index in [1.807, 2.05) is 26.8 Å². The molecule has 0 radical (unpaired) electrons. The molecule has 2 heteroatoms. The molecule has 0 aliphatic carbocycles.